The van der Waals surface area contributed by atoms with E-state index in [1.165, 1.54) is 0 Å². The van der Waals surface area contributed by atoms with E-state index < -0.39 is 23.5 Å². The van der Waals surface area contributed by atoms with Crippen LogP contribution in [0.4, 0.5) is 13.2 Å². The predicted octanol–water partition coefficient (Wildman–Crippen LogP) is 1.23. The van der Waals surface area contributed by atoms with E-state index in [-0.39, 0.29) is 0 Å². The van der Waals surface area contributed by atoms with E-state index in [2.05, 4.69) is 17.4 Å². The van der Waals surface area contributed by atoms with Gasteiger partial charge in [0.1, 0.15) is 6.67 Å². The monoisotopic (exact) mass is 210 g/mol. The van der Waals surface area contributed by atoms with Crippen molar-refractivity contribution in [3.8, 4) is 0 Å². The molecule has 0 amide bonds. The molecule has 0 saturated heterocycles. The lowest BCUT2D eigenvalue weighted by molar-refractivity contribution is -0.0139. The highest BCUT2D eigenvalue weighted by Gasteiger charge is 2.52. The first-order chi connectivity index (χ1) is 4.93. The van der Waals surface area contributed by atoms with Gasteiger partial charge in [0.15, 0.2) is 5.54 Å². The summed E-state index contributed by atoms with van der Waals surface area (Å²) in [6.07, 6.45) is 0. The third-order valence-corrected chi connectivity index (χ3v) is 2.09. The van der Waals surface area contributed by atoms with Crippen molar-refractivity contribution in [2.45, 2.75) is 10.9 Å². The molecule has 3 N–H and O–H groups in total. The van der Waals surface area contributed by atoms with E-state index in [4.69, 9.17) is 11.6 Å². The molecule has 68 valence electrons. The van der Waals surface area contributed by atoms with Crippen molar-refractivity contribution >= 4 is 23.2 Å². The Labute approximate surface area is 71.8 Å². The summed E-state index contributed by atoms with van der Waals surface area (Å²) in [5, 5.41) is -3.81. The molecule has 0 saturated carbocycles. The first-order valence-electron chi connectivity index (χ1n) is 2.60. The van der Waals surface area contributed by atoms with Gasteiger partial charge in [0, 0.05) is 0 Å². The van der Waals surface area contributed by atoms with Crippen LogP contribution in [-0.2, 0) is 0 Å². The second-order valence-electron chi connectivity index (χ2n) is 1.99. The van der Waals surface area contributed by atoms with Crippen molar-refractivity contribution in [1.29, 1.82) is 0 Å². The summed E-state index contributed by atoms with van der Waals surface area (Å²) in [6, 6.07) is 0. The maximum atomic E-state index is 12.3. The average molecular weight is 211 g/mol. The number of hydrazine groups is 1. The van der Waals surface area contributed by atoms with Crippen LogP contribution in [0.3, 0.4) is 0 Å². The smallest absolute Gasteiger partial charge is 0.271 e. The fraction of sp³-hybridized carbons (Fsp3) is 1.00. The summed E-state index contributed by atoms with van der Waals surface area (Å²) in [5.74, 6) is 3.96. The first-order valence-corrected chi connectivity index (χ1v) is 3.51. The summed E-state index contributed by atoms with van der Waals surface area (Å²) < 4.78 is 36.7. The van der Waals surface area contributed by atoms with Gasteiger partial charge in [0.25, 0.3) is 0 Å². The highest BCUT2D eigenvalue weighted by atomic mass is 35.5. The Hall–Kier alpha value is 0.290. The van der Waals surface area contributed by atoms with Gasteiger partial charge in [-0.05, 0) is 11.6 Å². The van der Waals surface area contributed by atoms with Crippen molar-refractivity contribution in [3.63, 3.8) is 0 Å². The number of nitrogens with one attached hydrogen (secondary N) is 1. The van der Waals surface area contributed by atoms with E-state index >= 15 is 0 Å². The third-order valence-electron chi connectivity index (χ3n) is 1.28. The fourth-order valence-electron chi connectivity index (χ4n) is 0.346. The summed E-state index contributed by atoms with van der Waals surface area (Å²) in [5.41, 5.74) is -0.813. The molecule has 1 atom stereocenters. The molecule has 0 spiro atoms. The van der Waals surface area contributed by atoms with Crippen LogP contribution in [0.5, 0.6) is 0 Å². The summed E-state index contributed by atoms with van der Waals surface area (Å²) in [6.45, 7) is -1.44. The van der Waals surface area contributed by atoms with Gasteiger partial charge in [-0.1, -0.05) is 0 Å². The van der Waals surface area contributed by atoms with E-state index in [1.807, 2.05) is 0 Å². The minimum absolute atomic E-state index is 0.712. The van der Waals surface area contributed by atoms with Gasteiger partial charge in [0.2, 0.25) is 0 Å². The Morgan fingerprint density at radius 1 is 1.45 bits per heavy atom. The second kappa shape index (κ2) is 3.80. The summed E-state index contributed by atoms with van der Waals surface area (Å²) >= 11 is 9.62. The van der Waals surface area contributed by atoms with Crippen molar-refractivity contribution < 1.29 is 13.2 Å². The van der Waals surface area contributed by atoms with Crippen LogP contribution in [0.15, 0.2) is 0 Å². The van der Waals surface area contributed by atoms with E-state index in [9.17, 15) is 13.2 Å². The number of halogens is 5. The zero-order valence-electron chi connectivity index (χ0n) is 5.38. The summed E-state index contributed by atoms with van der Waals surface area (Å²) in [7, 11) is 0. The highest BCUT2D eigenvalue weighted by Crippen LogP contribution is 2.33. The Bertz CT molecular complexity index is 115. The molecule has 0 aromatic rings. The molecule has 0 aromatic heterocycles. The van der Waals surface area contributed by atoms with Crippen molar-refractivity contribution in [2.75, 3.05) is 12.6 Å². The van der Waals surface area contributed by atoms with Gasteiger partial charge in [-0.2, -0.15) is 8.78 Å². The zero-order chi connectivity index (χ0) is 9.12. The van der Waals surface area contributed by atoms with E-state index in [0.29, 0.717) is 0 Å². The molecular formula is C4H7Cl2F3N2. The number of rotatable bonds is 4. The normalized spacial score (nSPS) is 18.0. The average Bonchev–Trinajstić information content (AvgIpc) is 1.90. The van der Waals surface area contributed by atoms with Crippen molar-refractivity contribution in [2.24, 2.45) is 5.84 Å². The van der Waals surface area contributed by atoms with Gasteiger partial charge < -0.3 is 0 Å². The van der Waals surface area contributed by atoms with Gasteiger partial charge in [-0.3, -0.25) is 5.84 Å². The van der Waals surface area contributed by atoms with Crippen LogP contribution in [0.2, 0.25) is 0 Å². The third kappa shape index (κ3) is 2.11. The molecular weight excluding hydrogens is 204 g/mol. The lowest BCUT2D eigenvalue weighted by Gasteiger charge is -2.31. The van der Waals surface area contributed by atoms with Crippen LogP contribution in [0.1, 0.15) is 0 Å². The molecule has 11 heavy (non-hydrogen) atoms. The molecule has 0 bridgehead atoms. The van der Waals surface area contributed by atoms with Crippen LogP contribution >= 0.6 is 23.2 Å². The molecule has 0 rings (SSSR count). The van der Waals surface area contributed by atoms with Crippen LogP contribution in [0, 0.1) is 0 Å². The fourth-order valence-corrected chi connectivity index (χ4v) is 0.903. The SMILES string of the molecule is NNC(CF)(CCl)C(F)(F)Cl. The zero-order valence-corrected chi connectivity index (χ0v) is 6.89. The topological polar surface area (TPSA) is 38.0 Å². The van der Waals surface area contributed by atoms with Crippen LogP contribution in [0.25, 0.3) is 0 Å². The first kappa shape index (κ1) is 11.3. The lowest BCUT2D eigenvalue weighted by Crippen LogP contribution is -2.62. The Morgan fingerprint density at radius 3 is 1.91 bits per heavy atom. The maximum Gasteiger partial charge on any atom is 0.344 e. The number of alkyl halides is 5. The molecule has 2 nitrogen and oxygen atoms in total. The summed E-state index contributed by atoms with van der Waals surface area (Å²) in [4.78, 5) is 0. The standard InChI is InChI=1S/C4H7Cl2F3N2/c5-1-3(2-7,11-10)4(6,8)9/h11H,1-2,10H2. The lowest BCUT2D eigenvalue weighted by atomic mass is 10.1. The second-order valence-corrected chi connectivity index (χ2v) is 2.73. The molecule has 0 radical (unpaired) electrons. The van der Waals surface area contributed by atoms with Gasteiger partial charge in [-0.25, -0.2) is 9.82 Å². The van der Waals surface area contributed by atoms with Gasteiger partial charge in [0.05, 0.1) is 5.88 Å². The highest BCUT2D eigenvalue weighted by molar-refractivity contribution is 6.24. The van der Waals surface area contributed by atoms with Crippen LogP contribution < -0.4 is 11.3 Å². The molecule has 0 heterocycles. The number of nitrogens with two attached hydrogens (primary N) is 1. The molecule has 0 fully saturated rings. The number of hydrogen-bond acceptors (Lipinski definition) is 2. The molecule has 0 aliphatic rings. The predicted molar refractivity (Wildman–Crippen MR) is 37.5 cm³/mol. The molecule has 0 aliphatic heterocycles. The molecule has 1 unspecified atom stereocenters. The quantitative estimate of drug-likeness (QED) is 0.417. The van der Waals surface area contributed by atoms with Gasteiger partial charge >= 0.3 is 5.38 Å². The molecule has 7 heteroatoms. The van der Waals surface area contributed by atoms with Crippen LogP contribution in [-0.4, -0.2) is 23.5 Å². The number of hydrogen-bond donors (Lipinski definition) is 2. The Balaban J connectivity index is 4.54. The largest absolute Gasteiger partial charge is 0.344 e. The van der Waals surface area contributed by atoms with E-state index in [0.717, 1.165) is 0 Å². The molecule has 0 aromatic carbocycles. The maximum absolute atomic E-state index is 12.3. The Kier molecular flexibility index (Phi) is 3.90. The minimum Gasteiger partial charge on any atom is -0.271 e. The van der Waals surface area contributed by atoms with Crippen molar-refractivity contribution in [3.05, 3.63) is 0 Å². The van der Waals surface area contributed by atoms with Crippen molar-refractivity contribution in [1.82, 2.24) is 5.43 Å². The minimum atomic E-state index is -3.81. The Morgan fingerprint density at radius 2 is 1.91 bits per heavy atom. The van der Waals surface area contributed by atoms with Gasteiger partial charge in [-0.15, -0.1) is 11.6 Å². The van der Waals surface area contributed by atoms with E-state index in [1.54, 1.807) is 5.43 Å². The molecule has 0 aliphatic carbocycles.